The third-order valence-corrected chi connectivity index (χ3v) is 5.06. The molecule has 7 nitrogen and oxygen atoms in total. The number of thiazole rings is 1. The number of aryl methyl sites for hydroxylation is 1. The first-order valence-corrected chi connectivity index (χ1v) is 9.31. The molecule has 27 heavy (non-hydrogen) atoms. The molecule has 0 aliphatic carbocycles. The van der Waals surface area contributed by atoms with Crippen LogP contribution in [0, 0.1) is 5.82 Å². The first-order valence-electron chi connectivity index (χ1n) is 8.49. The Bertz CT molecular complexity index is 953. The number of methoxy groups -OCH3 is 1. The maximum Gasteiger partial charge on any atom is 0.267 e. The van der Waals surface area contributed by atoms with Crippen LogP contribution in [0.25, 0.3) is 10.2 Å². The minimum absolute atomic E-state index is 0.238. The number of ether oxygens (including phenoxy) is 1. The number of benzene rings is 1. The normalized spacial score (nSPS) is 11.3. The average Bonchev–Trinajstić information content (AvgIpc) is 3.20. The fourth-order valence-electron chi connectivity index (χ4n) is 2.74. The molecule has 0 N–H and O–H groups in total. The molecule has 0 radical (unpaired) electrons. The second-order valence-electron chi connectivity index (χ2n) is 6.45. The van der Waals surface area contributed by atoms with Crippen LogP contribution in [-0.4, -0.2) is 59.9 Å². The van der Waals surface area contributed by atoms with Crippen LogP contribution in [0.3, 0.4) is 0 Å². The highest BCUT2D eigenvalue weighted by molar-refractivity contribution is 7.22. The van der Waals surface area contributed by atoms with Crippen molar-refractivity contribution in [2.24, 2.45) is 7.05 Å². The lowest BCUT2D eigenvalue weighted by atomic mass is 10.2. The van der Waals surface area contributed by atoms with Crippen molar-refractivity contribution in [1.82, 2.24) is 19.7 Å². The summed E-state index contributed by atoms with van der Waals surface area (Å²) in [5.74, 6) is -0.289. The monoisotopic (exact) mass is 391 g/mol. The summed E-state index contributed by atoms with van der Waals surface area (Å²) in [5, 5.41) is 4.69. The van der Waals surface area contributed by atoms with Gasteiger partial charge in [0.25, 0.3) is 5.91 Å². The van der Waals surface area contributed by atoms with Gasteiger partial charge in [-0.2, -0.15) is 0 Å². The van der Waals surface area contributed by atoms with Gasteiger partial charge in [-0.3, -0.25) is 14.4 Å². The summed E-state index contributed by atoms with van der Waals surface area (Å²) in [7, 11) is 7.18. The highest BCUT2D eigenvalue weighted by Gasteiger charge is 2.26. The lowest BCUT2D eigenvalue weighted by Crippen LogP contribution is -2.33. The van der Waals surface area contributed by atoms with E-state index in [2.05, 4.69) is 15.0 Å². The number of carbonyl (C=O) groups is 1. The molecule has 0 saturated carbocycles. The molecular weight excluding hydrogens is 369 g/mol. The second kappa shape index (κ2) is 8.01. The van der Waals surface area contributed by atoms with Crippen molar-refractivity contribution < 1.29 is 13.9 Å². The summed E-state index contributed by atoms with van der Waals surface area (Å²) < 4.78 is 21.0. The van der Waals surface area contributed by atoms with Gasteiger partial charge in [0, 0.05) is 19.8 Å². The Morgan fingerprint density at radius 1 is 1.33 bits per heavy atom. The van der Waals surface area contributed by atoms with E-state index in [1.54, 1.807) is 24.2 Å². The van der Waals surface area contributed by atoms with Gasteiger partial charge in [0.2, 0.25) is 5.88 Å². The molecular formula is C18H22FN5O2S. The Hall–Kier alpha value is -2.52. The van der Waals surface area contributed by atoms with Gasteiger partial charge < -0.3 is 9.64 Å². The number of halogens is 1. The lowest BCUT2D eigenvalue weighted by Gasteiger charge is -2.20. The molecule has 2 heterocycles. The van der Waals surface area contributed by atoms with Crippen LogP contribution < -0.4 is 9.64 Å². The van der Waals surface area contributed by atoms with Gasteiger partial charge >= 0.3 is 0 Å². The van der Waals surface area contributed by atoms with Crippen molar-refractivity contribution in [1.29, 1.82) is 0 Å². The Kier molecular flexibility index (Phi) is 5.71. The van der Waals surface area contributed by atoms with Crippen molar-refractivity contribution in [2.75, 3.05) is 39.2 Å². The van der Waals surface area contributed by atoms with E-state index < -0.39 is 0 Å². The van der Waals surface area contributed by atoms with E-state index in [1.807, 2.05) is 14.1 Å². The number of hydrogen-bond acceptors (Lipinski definition) is 6. The fraction of sp³-hybridized carbons (Fsp3) is 0.389. The molecule has 0 aliphatic rings. The first-order chi connectivity index (χ1) is 12.9. The summed E-state index contributed by atoms with van der Waals surface area (Å²) in [6.45, 7) is 1.31. The summed E-state index contributed by atoms with van der Waals surface area (Å²) in [5.41, 5.74) is 1.04. The van der Waals surface area contributed by atoms with E-state index in [0.29, 0.717) is 27.5 Å². The topological polar surface area (TPSA) is 63.5 Å². The maximum atomic E-state index is 13.5. The Balaban J connectivity index is 1.97. The molecule has 0 aliphatic heterocycles. The number of fused-ring (bicyclic) bond motifs is 1. The van der Waals surface area contributed by atoms with Gasteiger partial charge in [0.1, 0.15) is 11.4 Å². The summed E-state index contributed by atoms with van der Waals surface area (Å²) >= 11 is 1.29. The van der Waals surface area contributed by atoms with Gasteiger partial charge in [0.05, 0.1) is 17.3 Å². The molecule has 1 aromatic carbocycles. The SMILES string of the molecule is COc1nn(C)cc1C(=O)N(CCCN(C)C)c1nc2ccc(F)cc2s1. The number of hydrogen-bond donors (Lipinski definition) is 0. The fourth-order valence-corrected chi connectivity index (χ4v) is 3.76. The lowest BCUT2D eigenvalue weighted by molar-refractivity contribution is 0.0983. The number of rotatable bonds is 7. The maximum absolute atomic E-state index is 13.5. The van der Waals surface area contributed by atoms with Crippen molar-refractivity contribution in [3.8, 4) is 5.88 Å². The predicted molar refractivity (Wildman–Crippen MR) is 104 cm³/mol. The number of carbonyl (C=O) groups excluding carboxylic acids is 1. The summed E-state index contributed by atoms with van der Waals surface area (Å²) in [6, 6.07) is 4.43. The van der Waals surface area contributed by atoms with Gasteiger partial charge in [-0.25, -0.2) is 9.37 Å². The van der Waals surface area contributed by atoms with E-state index in [0.717, 1.165) is 13.0 Å². The molecule has 0 saturated heterocycles. The van der Waals surface area contributed by atoms with Gasteiger partial charge in [-0.05, 0) is 45.3 Å². The van der Waals surface area contributed by atoms with Crippen LogP contribution >= 0.6 is 11.3 Å². The summed E-state index contributed by atoms with van der Waals surface area (Å²) in [6.07, 6.45) is 2.40. The standard InChI is InChI=1S/C18H22FN5O2S/c1-22(2)8-5-9-24(17(25)13-11-23(3)21-16(13)26-4)18-20-14-7-6-12(19)10-15(14)27-18/h6-7,10-11H,5,8-9H2,1-4H3. The minimum Gasteiger partial charge on any atom is -0.479 e. The molecule has 0 fully saturated rings. The molecule has 0 bridgehead atoms. The Morgan fingerprint density at radius 2 is 2.11 bits per heavy atom. The number of nitrogens with zero attached hydrogens (tertiary/aromatic N) is 5. The van der Waals surface area contributed by atoms with Crippen molar-refractivity contribution in [3.05, 3.63) is 35.8 Å². The van der Waals surface area contributed by atoms with Crippen molar-refractivity contribution in [3.63, 3.8) is 0 Å². The zero-order valence-corrected chi connectivity index (χ0v) is 16.6. The number of anilines is 1. The molecule has 3 rings (SSSR count). The average molecular weight is 391 g/mol. The smallest absolute Gasteiger partial charge is 0.267 e. The molecule has 2 aromatic heterocycles. The predicted octanol–water partition coefficient (Wildman–Crippen LogP) is 2.78. The van der Waals surface area contributed by atoms with E-state index in [9.17, 15) is 9.18 Å². The van der Waals surface area contributed by atoms with Gasteiger partial charge in [-0.15, -0.1) is 5.10 Å². The third-order valence-electron chi connectivity index (χ3n) is 4.02. The highest BCUT2D eigenvalue weighted by atomic mass is 32.1. The zero-order chi connectivity index (χ0) is 19.6. The van der Waals surface area contributed by atoms with Crippen LogP contribution in [0.2, 0.25) is 0 Å². The van der Waals surface area contributed by atoms with Crippen molar-refractivity contribution >= 4 is 32.6 Å². The first kappa shape index (κ1) is 19.2. The van der Waals surface area contributed by atoms with E-state index in [1.165, 1.54) is 35.3 Å². The highest BCUT2D eigenvalue weighted by Crippen LogP contribution is 2.31. The quantitative estimate of drug-likeness (QED) is 0.620. The van der Waals surface area contributed by atoms with Crippen LogP contribution in [0.1, 0.15) is 16.8 Å². The van der Waals surface area contributed by atoms with Crippen LogP contribution in [0.5, 0.6) is 5.88 Å². The molecule has 0 atom stereocenters. The number of aromatic nitrogens is 3. The van der Waals surface area contributed by atoms with E-state index in [4.69, 9.17) is 4.74 Å². The third kappa shape index (κ3) is 4.25. The second-order valence-corrected chi connectivity index (χ2v) is 7.46. The van der Waals surface area contributed by atoms with Crippen LogP contribution in [0.4, 0.5) is 9.52 Å². The number of amides is 1. The molecule has 1 amide bonds. The largest absolute Gasteiger partial charge is 0.479 e. The van der Waals surface area contributed by atoms with Crippen LogP contribution in [-0.2, 0) is 7.05 Å². The molecule has 9 heteroatoms. The van der Waals surface area contributed by atoms with E-state index >= 15 is 0 Å². The summed E-state index contributed by atoms with van der Waals surface area (Å²) in [4.78, 5) is 21.4. The van der Waals surface area contributed by atoms with Gasteiger partial charge in [0.15, 0.2) is 5.13 Å². The van der Waals surface area contributed by atoms with Gasteiger partial charge in [-0.1, -0.05) is 11.3 Å². The molecule has 3 aromatic rings. The van der Waals surface area contributed by atoms with Crippen molar-refractivity contribution in [2.45, 2.75) is 6.42 Å². The molecule has 144 valence electrons. The molecule has 0 unspecified atom stereocenters. The minimum atomic E-state index is -0.322. The zero-order valence-electron chi connectivity index (χ0n) is 15.8. The molecule has 0 spiro atoms. The van der Waals surface area contributed by atoms with Crippen LogP contribution in [0.15, 0.2) is 24.4 Å². The Morgan fingerprint density at radius 3 is 2.81 bits per heavy atom. The van der Waals surface area contributed by atoms with E-state index in [-0.39, 0.29) is 17.6 Å². The Labute approximate surface area is 161 Å².